The average Bonchev–Trinajstić information content (AvgIpc) is 2.30. The molecular weight excluding hydrogens is 236 g/mol. The number of hydrogen-bond acceptors (Lipinski definition) is 4. The summed E-state index contributed by atoms with van der Waals surface area (Å²) >= 11 is 0. The maximum Gasteiger partial charge on any atom is 0.313 e. The Hall–Kier alpha value is -1.92. The van der Waals surface area contributed by atoms with Crippen LogP contribution in [0.2, 0.25) is 0 Å². The Morgan fingerprint density at radius 1 is 1.28 bits per heavy atom. The Balaban J connectivity index is 0.000000494. The highest BCUT2D eigenvalue weighted by Gasteiger charge is 2.24. The molecule has 1 aromatic rings. The monoisotopic (exact) mass is 254 g/mol. The number of rotatable bonds is 4. The van der Waals surface area contributed by atoms with E-state index in [1.807, 2.05) is 6.07 Å². The Kier molecular flexibility index (Phi) is 7.34. The zero-order chi connectivity index (χ0) is 14.1. The van der Waals surface area contributed by atoms with E-state index in [9.17, 15) is 14.7 Å². The number of benzene rings is 1. The summed E-state index contributed by atoms with van der Waals surface area (Å²) in [6.45, 7) is 1.42. The van der Waals surface area contributed by atoms with Gasteiger partial charge in [0.2, 0.25) is 5.91 Å². The van der Waals surface area contributed by atoms with E-state index in [1.165, 1.54) is 6.92 Å². The first-order valence-electron chi connectivity index (χ1n) is 5.34. The third kappa shape index (κ3) is 5.97. The second kappa shape index (κ2) is 8.21. The van der Waals surface area contributed by atoms with Crippen LogP contribution in [0.25, 0.3) is 0 Å². The van der Waals surface area contributed by atoms with E-state index in [4.69, 9.17) is 10.8 Å². The fraction of sp³-hybridized carbons (Fsp3) is 0.333. The van der Waals surface area contributed by atoms with E-state index in [-0.39, 0.29) is 6.54 Å². The molecule has 0 aliphatic rings. The number of nitrogens with two attached hydrogens (primary N) is 2. The van der Waals surface area contributed by atoms with Gasteiger partial charge >= 0.3 is 5.97 Å². The first-order valence-corrected chi connectivity index (χ1v) is 5.34. The molecule has 18 heavy (non-hydrogen) atoms. The quantitative estimate of drug-likeness (QED) is 0.585. The highest BCUT2D eigenvalue weighted by Crippen LogP contribution is 2.19. The summed E-state index contributed by atoms with van der Waals surface area (Å²) in [6, 6.07) is 8.72. The molecule has 1 amide bonds. The number of aliphatic hydroxyl groups is 1. The summed E-state index contributed by atoms with van der Waals surface area (Å²) in [5, 5.41) is 18.1. The lowest BCUT2D eigenvalue weighted by Crippen LogP contribution is -2.23. The molecule has 6 N–H and O–H groups in total. The van der Waals surface area contributed by atoms with Gasteiger partial charge < -0.3 is 21.7 Å². The van der Waals surface area contributed by atoms with Gasteiger partial charge in [0, 0.05) is 0 Å². The number of aliphatic hydroxyl groups excluding tert-OH is 1. The molecule has 100 valence electrons. The van der Waals surface area contributed by atoms with Gasteiger partial charge in [-0.05, 0) is 12.5 Å². The van der Waals surface area contributed by atoms with Gasteiger partial charge in [-0.25, -0.2) is 0 Å². The van der Waals surface area contributed by atoms with Crippen molar-refractivity contribution < 1.29 is 19.8 Å². The minimum atomic E-state index is -0.999. The number of hydrogen-bond donors (Lipinski definition) is 4. The predicted octanol–water partition coefficient (Wildman–Crippen LogP) is -0.334. The fourth-order valence-corrected chi connectivity index (χ4v) is 1.29. The van der Waals surface area contributed by atoms with Gasteiger partial charge in [0.15, 0.2) is 0 Å². The zero-order valence-corrected chi connectivity index (χ0v) is 10.1. The fourth-order valence-electron chi connectivity index (χ4n) is 1.29. The number of carboxylic acid groups (broad SMARTS) is 1. The van der Waals surface area contributed by atoms with Crippen LogP contribution in [0.1, 0.15) is 18.4 Å². The summed E-state index contributed by atoms with van der Waals surface area (Å²) in [7, 11) is 0. The van der Waals surface area contributed by atoms with Crippen LogP contribution in [0, 0.1) is 0 Å². The van der Waals surface area contributed by atoms with Crippen LogP contribution in [0.5, 0.6) is 0 Å². The van der Waals surface area contributed by atoms with Crippen LogP contribution >= 0.6 is 0 Å². The molecule has 1 aromatic carbocycles. The third-order valence-corrected chi connectivity index (χ3v) is 2.11. The van der Waals surface area contributed by atoms with Crippen LogP contribution in [0.3, 0.4) is 0 Å². The molecule has 0 saturated heterocycles. The lowest BCUT2D eigenvalue weighted by molar-refractivity contribution is -0.141. The van der Waals surface area contributed by atoms with E-state index in [0.29, 0.717) is 5.56 Å². The first kappa shape index (κ1) is 16.1. The van der Waals surface area contributed by atoms with Crippen LogP contribution in [0.15, 0.2) is 30.3 Å². The molecule has 6 heteroatoms. The summed E-state index contributed by atoms with van der Waals surface area (Å²) in [4.78, 5) is 20.2. The molecular formula is C12H18N2O4. The summed E-state index contributed by atoms with van der Waals surface area (Å²) in [6.07, 6.45) is -0.875. The molecule has 0 radical (unpaired) electrons. The number of amides is 1. The second-order valence-corrected chi connectivity index (χ2v) is 3.64. The molecule has 0 aromatic heterocycles. The van der Waals surface area contributed by atoms with Crippen molar-refractivity contribution in [1.82, 2.24) is 0 Å². The lowest BCUT2D eigenvalue weighted by Gasteiger charge is -2.14. The lowest BCUT2D eigenvalue weighted by atomic mass is 9.95. The van der Waals surface area contributed by atoms with Gasteiger partial charge in [-0.3, -0.25) is 9.59 Å². The molecule has 0 heterocycles. The van der Waals surface area contributed by atoms with E-state index in [1.54, 1.807) is 24.3 Å². The highest BCUT2D eigenvalue weighted by molar-refractivity contribution is 5.76. The second-order valence-electron chi connectivity index (χ2n) is 3.64. The van der Waals surface area contributed by atoms with Crippen LogP contribution in [-0.2, 0) is 9.59 Å². The Bertz CT molecular complexity index is 379. The standard InChI is InChI=1S/C10H12O3.C2H6N2O/c1-7(11)9(10(12)13)8-5-3-2-4-6-8;3-1-2(4)5/h2-7,9,11H,1H3,(H,12,13);1,3H2,(H2,4,5). The average molecular weight is 254 g/mol. The topological polar surface area (TPSA) is 127 Å². The highest BCUT2D eigenvalue weighted by atomic mass is 16.4. The summed E-state index contributed by atoms with van der Waals surface area (Å²) < 4.78 is 0. The SMILES string of the molecule is CC(O)C(C(=O)O)c1ccccc1.NCC(N)=O. The molecule has 0 spiro atoms. The summed E-state index contributed by atoms with van der Waals surface area (Å²) in [5.41, 5.74) is 9.85. The van der Waals surface area contributed by atoms with Crippen molar-refractivity contribution in [3.8, 4) is 0 Å². The number of aliphatic carboxylic acids is 1. The van der Waals surface area contributed by atoms with E-state index < -0.39 is 23.9 Å². The van der Waals surface area contributed by atoms with Crippen molar-refractivity contribution in [2.45, 2.75) is 18.9 Å². The maximum atomic E-state index is 10.8. The van der Waals surface area contributed by atoms with Crippen LogP contribution < -0.4 is 11.5 Å². The zero-order valence-electron chi connectivity index (χ0n) is 10.1. The van der Waals surface area contributed by atoms with E-state index >= 15 is 0 Å². The first-order chi connectivity index (χ1) is 8.40. The Morgan fingerprint density at radius 2 is 1.72 bits per heavy atom. The number of primary amides is 1. The van der Waals surface area contributed by atoms with Crippen molar-refractivity contribution >= 4 is 11.9 Å². The van der Waals surface area contributed by atoms with E-state index in [2.05, 4.69) is 5.73 Å². The number of carboxylic acids is 1. The largest absolute Gasteiger partial charge is 0.481 e. The van der Waals surface area contributed by atoms with Gasteiger partial charge in [-0.1, -0.05) is 30.3 Å². The van der Waals surface area contributed by atoms with Crippen molar-refractivity contribution in [3.63, 3.8) is 0 Å². The molecule has 0 bridgehead atoms. The van der Waals surface area contributed by atoms with Gasteiger partial charge in [0.25, 0.3) is 0 Å². The molecule has 0 saturated carbocycles. The van der Waals surface area contributed by atoms with Crippen molar-refractivity contribution in [1.29, 1.82) is 0 Å². The van der Waals surface area contributed by atoms with Gasteiger partial charge in [0.1, 0.15) is 5.92 Å². The van der Waals surface area contributed by atoms with Crippen molar-refractivity contribution in [2.75, 3.05) is 6.54 Å². The predicted molar refractivity (Wildman–Crippen MR) is 66.7 cm³/mol. The maximum absolute atomic E-state index is 10.8. The molecule has 2 atom stereocenters. The van der Waals surface area contributed by atoms with Gasteiger partial charge in [-0.15, -0.1) is 0 Å². The molecule has 0 aliphatic carbocycles. The van der Waals surface area contributed by atoms with Crippen molar-refractivity contribution in [3.05, 3.63) is 35.9 Å². The van der Waals surface area contributed by atoms with Gasteiger partial charge in [0.05, 0.1) is 12.6 Å². The van der Waals surface area contributed by atoms with E-state index in [0.717, 1.165) is 0 Å². The third-order valence-electron chi connectivity index (χ3n) is 2.11. The number of carbonyl (C=O) groups is 2. The molecule has 0 fully saturated rings. The minimum absolute atomic E-state index is 0.0556. The minimum Gasteiger partial charge on any atom is -0.481 e. The van der Waals surface area contributed by atoms with Gasteiger partial charge in [-0.2, -0.15) is 0 Å². The Morgan fingerprint density at radius 3 is 2.00 bits per heavy atom. The van der Waals surface area contributed by atoms with Crippen LogP contribution in [-0.4, -0.2) is 34.7 Å². The number of carbonyl (C=O) groups excluding carboxylic acids is 1. The molecule has 6 nitrogen and oxygen atoms in total. The molecule has 2 unspecified atom stereocenters. The molecule has 1 rings (SSSR count). The Labute approximate surface area is 105 Å². The van der Waals surface area contributed by atoms with Crippen LogP contribution in [0.4, 0.5) is 0 Å². The summed E-state index contributed by atoms with van der Waals surface area (Å²) in [5.74, 6) is -2.30. The van der Waals surface area contributed by atoms with Crippen molar-refractivity contribution in [2.24, 2.45) is 11.5 Å². The smallest absolute Gasteiger partial charge is 0.313 e. The molecule has 0 aliphatic heterocycles. The normalized spacial score (nSPS) is 12.8.